The van der Waals surface area contributed by atoms with Crippen LogP contribution < -0.4 is 0 Å². The van der Waals surface area contributed by atoms with Gasteiger partial charge in [0.05, 0.1) is 12.0 Å². The summed E-state index contributed by atoms with van der Waals surface area (Å²) in [5.74, 6) is 4.90. The van der Waals surface area contributed by atoms with Crippen LogP contribution in [0.25, 0.3) is 0 Å². The first-order valence-electron chi connectivity index (χ1n) is 4.42. The smallest absolute Gasteiger partial charge is 0.312 e. The molecule has 0 amide bonds. The number of aliphatic carboxylic acids is 1. The van der Waals surface area contributed by atoms with Crippen LogP contribution in [0, 0.1) is 17.3 Å². The van der Waals surface area contributed by atoms with Crippen LogP contribution in [0.3, 0.4) is 0 Å². The molecule has 0 radical (unpaired) electrons. The molecule has 1 N–H and O–H groups in total. The van der Waals surface area contributed by atoms with Gasteiger partial charge >= 0.3 is 5.97 Å². The van der Waals surface area contributed by atoms with Crippen molar-refractivity contribution in [2.24, 2.45) is 5.41 Å². The third-order valence-corrected chi connectivity index (χ3v) is 2.46. The number of ether oxygens (including phenoxy) is 1. The Morgan fingerprint density at radius 3 is 2.92 bits per heavy atom. The van der Waals surface area contributed by atoms with E-state index in [0.29, 0.717) is 32.5 Å². The van der Waals surface area contributed by atoms with Crippen LogP contribution in [-0.4, -0.2) is 24.3 Å². The minimum atomic E-state index is -0.747. The van der Waals surface area contributed by atoms with E-state index in [9.17, 15) is 4.79 Å². The molecule has 3 heteroatoms. The zero-order chi connectivity index (χ0) is 9.73. The van der Waals surface area contributed by atoms with E-state index in [1.54, 1.807) is 6.92 Å². The third-order valence-electron chi connectivity index (χ3n) is 2.46. The molecule has 1 atom stereocenters. The van der Waals surface area contributed by atoms with Crippen molar-refractivity contribution in [2.75, 3.05) is 13.2 Å². The third kappa shape index (κ3) is 2.22. The molecule has 1 saturated heterocycles. The minimum Gasteiger partial charge on any atom is -0.481 e. The van der Waals surface area contributed by atoms with Crippen LogP contribution in [0.4, 0.5) is 0 Å². The standard InChI is InChI=1S/C10H14O3/c1-2-3-4-5-10(9(11)12)6-7-13-8-10/h4-8H2,1H3,(H,11,12). The maximum absolute atomic E-state index is 11.0. The molecule has 0 aromatic carbocycles. The van der Waals surface area contributed by atoms with Gasteiger partial charge in [0, 0.05) is 13.0 Å². The number of hydrogen-bond acceptors (Lipinski definition) is 2. The lowest BCUT2D eigenvalue weighted by Gasteiger charge is -2.20. The van der Waals surface area contributed by atoms with Gasteiger partial charge in [-0.15, -0.1) is 11.8 Å². The van der Waals surface area contributed by atoms with Crippen LogP contribution in [0.2, 0.25) is 0 Å². The van der Waals surface area contributed by atoms with Gasteiger partial charge in [-0.25, -0.2) is 0 Å². The largest absolute Gasteiger partial charge is 0.481 e. The summed E-state index contributed by atoms with van der Waals surface area (Å²) in [6.07, 6.45) is 1.86. The summed E-state index contributed by atoms with van der Waals surface area (Å²) in [5, 5.41) is 9.03. The van der Waals surface area contributed by atoms with Gasteiger partial charge in [-0.3, -0.25) is 4.79 Å². The Hall–Kier alpha value is -1.01. The summed E-state index contributed by atoms with van der Waals surface area (Å²) in [4.78, 5) is 11.0. The summed E-state index contributed by atoms with van der Waals surface area (Å²) < 4.78 is 5.12. The minimum absolute atomic E-state index is 0.341. The topological polar surface area (TPSA) is 46.5 Å². The Balaban J connectivity index is 2.55. The Bertz CT molecular complexity index is 241. The average molecular weight is 182 g/mol. The second-order valence-corrected chi connectivity index (χ2v) is 3.31. The molecule has 72 valence electrons. The first-order valence-corrected chi connectivity index (χ1v) is 4.42. The lowest BCUT2D eigenvalue weighted by Crippen LogP contribution is -2.31. The second-order valence-electron chi connectivity index (χ2n) is 3.31. The highest BCUT2D eigenvalue weighted by atomic mass is 16.5. The first-order chi connectivity index (χ1) is 6.21. The molecule has 1 fully saturated rings. The molecule has 1 unspecified atom stereocenters. The highest BCUT2D eigenvalue weighted by Crippen LogP contribution is 2.33. The molecule has 0 aliphatic carbocycles. The molecular weight excluding hydrogens is 168 g/mol. The number of carbonyl (C=O) groups is 1. The summed E-state index contributed by atoms with van der Waals surface area (Å²) >= 11 is 0. The van der Waals surface area contributed by atoms with E-state index in [1.165, 1.54) is 0 Å². The van der Waals surface area contributed by atoms with E-state index >= 15 is 0 Å². The Labute approximate surface area is 78.1 Å². The number of rotatable bonds is 3. The number of hydrogen-bond donors (Lipinski definition) is 1. The van der Waals surface area contributed by atoms with Crippen LogP contribution in [0.5, 0.6) is 0 Å². The summed E-state index contributed by atoms with van der Waals surface area (Å²) in [6, 6.07) is 0. The molecule has 0 bridgehead atoms. The molecule has 0 saturated carbocycles. The maximum atomic E-state index is 11.0. The number of carboxylic acid groups (broad SMARTS) is 1. The first kappa shape index (κ1) is 10.1. The van der Waals surface area contributed by atoms with E-state index < -0.39 is 11.4 Å². The van der Waals surface area contributed by atoms with Crippen molar-refractivity contribution in [1.82, 2.24) is 0 Å². The normalized spacial score (nSPS) is 26.5. The van der Waals surface area contributed by atoms with Crippen molar-refractivity contribution in [3.8, 4) is 11.8 Å². The fourth-order valence-corrected chi connectivity index (χ4v) is 1.51. The van der Waals surface area contributed by atoms with Gasteiger partial charge in [-0.2, -0.15) is 0 Å². The molecule has 0 spiro atoms. The van der Waals surface area contributed by atoms with Gasteiger partial charge in [0.15, 0.2) is 0 Å². The molecule has 1 aliphatic heterocycles. The lowest BCUT2D eigenvalue weighted by molar-refractivity contribution is -0.149. The van der Waals surface area contributed by atoms with Crippen molar-refractivity contribution in [2.45, 2.75) is 26.2 Å². The van der Waals surface area contributed by atoms with Crippen molar-refractivity contribution in [1.29, 1.82) is 0 Å². The van der Waals surface area contributed by atoms with Crippen molar-refractivity contribution in [3.63, 3.8) is 0 Å². The zero-order valence-electron chi connectivity index (χ0n) is 7.80. The Kier molecular flexibility index (Phi) is 3.32. The highest BCUT2D eigenvalue weighted by Gasteiger charge is 2.41. The van der Waals surface area contributed by atoms with Crippen molar-refractivity contribution in [3.05, 3.63) is 0 Å². The SMILES string of the molecule is CC#CCCC1(C(=O)O)CCOC1. The molecule has 0 aromatic heterocycles. The van der Waals surface area contributed by atoms with Crippen LogP contribution in [-0.2, 0) is 9.53 Å². The van der Waals surface area contributed by atoms with E-state index in [2.05, 4.69) is 11.8 Å². The van der Waals surface area contributed by atoms with E-state index in [0.717, 1.165) is 0 Å². The Morgan fingerprint density at radius 1 is 1.69 bits per heavy atom. The van der Waals surface area contributed by atoms with Gasteiger partial charge in [0.25, 0.3) is 0 Å². The van der Waals surface area contributed by atoms with Crippen LogP contribution >= 0.6 is 0 Å². The fourth-order valence-electron chi connectivity index (χ4n) is 1.51. The molecule has 1 rings (SSSR count). The molecular formula is C10H14O3. The van der Waals surface area contributed by atoms with Crippen molar-refractivity contribution >= 4 is 5.97 Å². The second kappa shape index (κ2) is 4.29. The summed E-state index contributed by atoms with van der Waals surface area (Å²) in [6.45, 7) is 2.66. The molecule has 13 heavy (non-hydrogen) atoms. The zero-order valence-corrected chi connectivity index (χ0v) is 7.80. The predicted molar refractivity (Wildman–Crippen MR) is 48.2 cm³/mol. The van der Waals surface area contributed by atoms with Gasteiger partial charge in [0.1, 0.15) is 0 Å². The van der Waals surface area contributed by atoms with Gasteiger partial charge in [-0.1, -0.05) is 0 Å². The van der Waals surface area contributed by atoms with E-state index in [4.69, 9.17) is 9.84 Å². The van der Waals surface area contributed by atoms with Gasteiger partial charge < -0.3 is 9.84 Å². The maximum Gasteiger partial charge on any atom is 0.312 e. The monoisotopic (exact) mass is 182 g/mol. The Morgan fingerprint density at radius 2 is 2.46 bits per heavy atom. The average Bonchev–Trinajstić information content (AvgIpc) is 2.55. The van der Waals surface area contributed by atoms with Crippen molar-refractivity contribution < 1.29 is 14.6 Å². The van der Waals surface area contributed by atoms with Gasteiger partial charge in [0.2, 0.25) is 0 Å². The summed E-state index contributed by atoms with van der Waals surface area (Å²) in [5.41, 5.74) is -0.663. The molecule has 1 aliphatic rings. The fraction of sp³-hybridized carbons (Fsp3) is 0.700. The predicted octanol–water partition coefficient (Wildman–Crippen LogP) is 1.28. The van der Waals surface area contributed by atoms with E-state index in [-0.39, 0.29) is 0 Å². The summed E-state index contributed by atoms with van der Waals surface area (Å²) in [7, 11) is 0. The lowest BCUT2D eigenvalue weighted by atomic mass is 9.83. The molecule has 1 heterocycles. The van der Waals surface area contributed by atoms with Crippen LogP contribution in [0.15, 0.2) is 0 Å². The van der Waals surface area contributed by atoms with Crippen LogP contribution in [0.1, 0.15) is 26.2 Å². The molecule has 0 aromatic rings. The quantitative estimate of drug-likeness (QED) is 0.669. The number of carboxylic acids is 1. The van der Waals surface area contributed by atoms with E-state index in [1.807, 2.05) is 0 Å². The highest BCUT2D eigenvalue weighted by molar-refractivity contribution is 5.75. The van der Waals surface area contributed by atoms with Gasteiger partial charge in [-0.05, 0) is 19.8 Å². The molecule has 3 nitrogen and oxygen atoms in total.